The molecule has 0 aliphatic heterocycles. The van der Waals surface area contributed by atoms with Gasteiger partial charge >= 0.3 is 0 Å². The molecule has 0 spiro atoms. The normalized spacial score (nSPS) is 12.2. The van der Waals surface area contributed by atoms with E-state index in [9.17, 15) is 0 Å². The van der Waals surface area contributed by atoms with E-state index in [0.717, 1.165) is 22.9 Å². The van der Waals surface area contributed by atoms with Crippen LogP contribution in [0.25, 0.3) is 0 Å². The van der Waals surface area contributed by atoms with E-state index in [2.05, 4.69) is 10.3 Å². The van der Waals surface area contributed by atoms with E-state index >= 15 is 0 Å². The molecule has 0 aliphatic carbocycles. The summed E-state index contributed by atoms with van der Waals surface area (Å²) in [5.74, 6) is 2.47. The first kappa shape index (κ1) is 13.4. The molecule has 0 radical (unpaired) electrons. The molecule has 1 atom stereocenters. The third-order valence-corrected chi connectivity index (χ3v) is 3.16. The van der Waals surface area contributed by atoms with Crippen molar-refractivity contribution in [2.45, 2.75) is 6.04 Å². The van der Waals surface area contributed by atoms with Gasteiger partial charge in [0.2, 0.25) is 0 Å². The van der Waals surface area contributed by atoms with Crippen LogP contribution in [0.1, 0.15) is 17.4 Å². The minimum Gasteiger partial charge on any atom is -0.496 e. The Balaban J connectivity index is 2.57. The predicted molar refractivity (Wildman–Crippen MR) is 73.7 cm³/mol. The molecule has 1 aromatic carbocycles. The average molecular weight is 261 g/mol. The Kier molecular flexibility index (Phi) is 4.06. The molecule has 19 heavy (non-hydrogen) atoms. The lowest BCUT2D eigenvalue weighted by Crippen LogP contribution is -2.22. The standard InChI is InChI=1S/C14H19N3O2/c1-15-13(14-16-8-9-17(14)2)12-10(18-3)6-5-7-11(12)19-4/h5-9,13,15H,1-4H3. The summed E-state index contributed by atoms with van der Waals surface area (Å²) >= 11 is 0. The first-order chi connectivity index (χ1) is 9.22. The number of aryl methyl sites for hydroxylation is 1. The monoisotopic (exact) mass is 261 g/mol. The van der Waals surface area contributed by atoms with Crippen LogP contribution in [0.4, 0.5) is 0 Å². The lowest BCUT2D eigenvalue weighted by Gasteiger charge is -2.21. The molecule has 5 nitrogen and oxygen atoms in total. The van der Waals surface area contributed by atoms with Crippen LogP contribution in [0.5, 0.6) is 11.5 Å². The Bertz CT molecular complexity index is 529. The number of methoxy groups -OCH3 is 2. The highest BCUT2D eigenvalue weighted by atomic mass is 16.5. The molecule has 1 heterocycles. The quantitative estimate of drug-likeness (QED) is 0.890. The van der Waals surface area contributed by atoms with Gasteiger partial charge in [-0.25, -0.2) is 4.98 Å². The molecule has 0 saturated carbocycles. The summed E-state index contributed by atoms with van der Waals surface area (Å²) in [7, 11) is 7.17. The molecule has 102 valence electrons. The molecule has 2 aromatic rings. The Morgan fingerprint density at radius 2 is 1.84 bits per heavy atom. The molecular weight excluding hydrogens is 242 g/mol. The van der Waals surface area contributed by atoms with Crippen molar-refractivity contribution in [1.29, 1.82) is 0 Å². The van der Waals surface area contributed by atoms with E-state index in [1.54, 1.807) is 20.4 Å². The summed E-state index contributed by atoms with van der Waals surface area (Å²) in [5, 5.41) is 3.27. The minimum atomic E-state index is -0.0916. The second-order valence-electron chi connectivity index (χ2n) is 4.19. The maximum absolute atomic E-state index is 5.45. The zero-order valence-corrected chi connectivity index (χ0v) is 11.7. The summed E-state index contributed by atoms with van der Waals surface area (Å²) in [5.41, 5.74) is 0.948. The first-order valence-corrected chi connectivity index (χ1v) is 6.08. The van der Waals surface area contributed by atoms with Crippen molar-refractivity contribution in [3.63, 3.8) is 0 Å². The molecule has 5 heteroatoms. The van der Waals surface area contributed by atoms with E-state index in [0.29, 0.717) is 0 Å². The van der Waals surface area contributed by atoms with Crippen LogP contribution in [0.2, 0.25) is 0 Å². The summed E-state index contributed by atoms with van der Waals surface area (Å²) < 4.78 is 12.9. The van der Waals surface area contributed by atoms with E-state index in [-0.39, 0.29) is 6.04 Å². The van der Waals surface area contributed by atoms with Crippen LogP contribution in [0.3, 0.4) is 0 Å². The second-order valence-corrected chi connectivity index (χ2v) is 4.19. The van der Waals surface area contributed by atoms with Gasteiger partial charge in [0, 0.05) is 19.4 Å². The molecule has 2 rings (SSSR count). The number of hydrogen-bond acceptors (Lipinski definition) is 4. The van der Waals surface area contributed by atoms with Gasteiger partial charge in [0.15, 0.2) is 0 Å². The topological polar surface area (TPSA) is 48.3 Å². The summed E-state index contributed by atoms with van der Waals surface area (Å²) in [4.78, 5) is 4.40. The molecule has 0 bridgehead atoms. The smallest absolute Gasteiger partial charge is 0.130 e. The lowest BCUT2D eigenvalue weighted by molar-refractivity contribution is 0.376. The number of benzene rings is 1. The number of nitrogens with zero attached hydrogens (tertiary/aromatic N) is 2. The zero-order chi connectivity index (χ0) is 13.8. The number of rotatable bonds is 5. The Hall–Kier alpha value is -2.01. The molecule has 1 unspecified atom stereocenters. The molecule has 1 N–H and O–H groups in total. The minimum absolute atomic E-state index is 0.0916. The molecule has 0 saturated heterocycles. The van der Waals surface area contributed by atoms with Crippen molar-refractivity contribution < 1.29 is 9.47 Å². The fourth-order valence-electron chi connectivity index (χ4n) is 2.22. The van der Waals surface area contributed by atoms with Crippen LogP contribution < -0.4 is 14.8 Å². The lowest BCUT2D eigenvalue weighted by atomic mass is 10.0. The van der Waals surface area contributed by atoms with E-state index < -0.39 is 0 Å². The van der Waals surface area contributed by atoms with Gasteiger partial charge in [-0.05, 0) is 19.2 Å². The predicted octanol–water partition coefficient (Wildman–Crippen LogP) is 1.75. The van der Waals surface area contributed by atoms with Crippen LogP contribution in [0.15, 0.2) is 30.6 Å². The highest BCUT2D eigenvalue weighted by molar-refractivity contribution is 5.49. The summed E-state index contributed by atoms with van der Waals surface area (Å²) in [6.45, 7) is 0. The SMILES string of the molecule is CNC(c1c(OC)cccc1OC)c1nccn1C. The van der Waals surface area contributed by atoms with Crippen LogP contribution in [-0.4, -0.2) is 30.8 Å². The van der Waals surface area contributed by atoms with Crippen LogP contribution in [-0.2, 0) is 7.05 Å². The van der Waals surface area contributed by atoms with Crippen molar-refractivity contribution in [1.82, 2.24) is 14.9 Å². The summed E-state index contributed by atoms with van der Waals surface area (Å²) in [6, 6.07) is 5.66. The maximum Gasteiger partial charge on any atom is 0.130 e. The molecular formula is C14H19N3O2. The molecule has 0 fully saturated rings. The van der Waals surface area contributed by atoms with Crippen LogP contribution >= 0.6 is 0 Å². The van der Waals surface area contributed by atoms with Gasteiger partial charge in [-0.15, -0.1) is 0 Å². The second kappa shape index (κ2) is 5.75. The number of imidazole rings is 1. The number of hydrogen-bond donors (Lipinski definition) is 1. The van der Waals surface area contributed by atoms with Crippen molar-refractivity contribution in [2.75, 3.05) is 21.3 Å². The molecule has 1 aromatic heterocycles. The number of aromatic nitrogens is 2. The zero-order valence-electron chi connectivity index (χ0n) is 11.7. The third-order valence-electron chi connectivity index (χ3n) is 3.16. The van der Waals surface area contributed by atoms with E-state index in [1.165, 1.54) is 0 Å². The van der Waals surface area contributed by atoms with Gasteiger partial charge in [-0.3, -0.25) is 0 Å². The van der Waals surface area contributed by atoms with Gasteiger partial charge in [0.05, 0.1) is 25.8 Å². The summed E-state index contributed by atoms with van der Waals surface area (Å²) in [6.07, 6.45) is 3.70. The van der Waals surface area contributed by atoms with Crippen molar-refractivity contribution in [3.05, 3.63) is 42.0 Å². The highest BCUT2D eigenvalue weighted by Crippen LogP contribution is 2.36. The van der Waals surface area contributed by atoms with Gasteiger partial charge in [0.25, 0.3) is 0 Å². The molecule has 0 aliphatic rings. The van der Waals surface area contributed by atoms with Crippen molar-refractivity contribution in [3.8, 4) is 11.5 Å². The van der Waals surface area contributed by atoms with Gasteiger partial charge in [0.1, 0.15) is 17.3 Å². The van der Waals surface area contributed by atoms with E-state index in [4.69, 9.17) is 9.47 Å². The van der Waals surface area contributed by atoms with Gasteiger partial charge in [-0.2, -0.15) is 0 Å². The Labute approximate surface area is 113 Å². The van der Waals surface area contributed by atoms with Crippen molar-refractivity contribution >= 4 is 0 Å². The Morgan fingerprint density at radius 3 is 2.26 bits per heavy atom. The average Bonchev–Trinajstić information content (AvgIpc) is 2.86. The van der Waals surface area contributed by atoms with E-state index in [1.807, 2.05) is 43.1 Å². The largest absolute Gasteiger partial charge is 0.496 e. The number of ether oxygens (including phenoxy) is 2. The highest BCUT2D eigenvalue weighted by Gasteiger charge is 2.24. The van der Waals surface area contributed by atoms with Gasteiger partial charge < -0.3 is 19.4 Å². The fourth-order valence-corrected chi connectivity index (χ4v) is 2.22. The third kappa shape index (κ3) is 2.42. The fraction of sp³-hybridized carbons (Fsp3) is 0.357. The maximum atomic E-state index is 5.45. The van der Waals surface area contributed by atoms with Crippen LogP contribution in [0, 0.1) is 0 Å². The molecule has 0 amide bonds. The van der Waals surface area contributed by atoms with Gasteiger partial charge in [-0.1, -0.05) is 6.07 Å². The Morgan fingerprint density at radius 1 is 1.21 bits per heavy atom. The van der Waals surface area contributed by atoms with Crippen molar-refractivity contribution in [2.24, 2.45) is 7.05 Å². The first-order valence-electron chi connectivity index (χ1n) is 6.08. The number of nitrogens with one attached hydrogen (secondary N) is 1.